The van der Waals surface area contributed by atoms with Gasteiger partial charge in [-0.15, -0.1) is 0 Å². The Morgan fingerprint density at radius 3 is 2.62 bits per heavy atom. The largest absolute Gasteiger partial charge is 0.382 e. The van der Waals surface area contributed by atoms with Crippen molar-refractivity contribution < 1.29 is 9.90 Å². The van der Waals surface area contributed by atoms with Gasteiger partial charge in [-0.3, -0.25) is 4.79 Å². The quantitative estimate of drug-likeness (QED) is 0.846. The van der Waals surface area contributed by atoms with Crippen LogP contribution in [0.4, 0.5) is 0 Å². The lowest BCUT2D eigenvalue weighted by molar-refractivity contribution is -0.141. The van der Waals surface area contributed by atoms with Crippen LogP contribution in [-0.4, -0.2) is 16.5 Å². The minimum Gasteiger partial charge on any atom is -0.382 e. The third-order valence-corrected chi connectivity index (χ3v) is 3.43. The van der Waals surface area contributed by atoms with Crippen molar-refractivity contribution >= 4 is 5.78 Å². The highest BCUT2D eigenvalue weighted by Gasteiger charge is 2.36. The van der Waals surface area contributed by atoms with E-state index >= 15 is 0 Å². The van der Waals surface area contributed by atoms with E-state index in [1.165, 1.54) is 5.56 Å². The van der Waals surface area contributed by atoms with Gasteiger partial charge in [-0.2, -0.15) is 0 Å². The van der Waals surface area contributed by atoms with Gasteiger partial charge in [0, 0.05) is 6.42 Å². The first-order valence-electron chi connectivity index (χ1n) is 6.00. The van der Waals surface area contributed by atoms with Gasteiger partial charge in [-0.05, 0) is 37.7 Å². The number of aliphatic hydroxyl groups is 1. The molecule has 86 valence electrons. The lowest BCUT2D eigenvalue weighted by Crippen LogP contribution is -2.41. The third kappa shape index (κ3) is 2.50. The van der Waals surface area contributed by atoms with Crippen molar-refractivity contribution in [2.75, 3.05) is 0 Å². The summed E-state index contributed by atoms with van der Waals surface area (Å²) in [6.45, 7) is 0. The summed E-state index contributed by atoms with van der Waals surface area (Å²) in [5, 5.41) is 10.3. The second-order valence-electron chi connectivity index (χ2n) is 4.65. The standard InChI is InChI=1S/C14H18O2/c15-13-8-4-5-10-14(13,16)11-9-12-6-2-1-3-7-12/h1-3,6-7,16H,4-5,8-11H2/t14-/m1/s1. The molecule has 0 saturated heterocycles. The van der Waals surface area contributed by atoms with Crippen LogP contribution in [0.2, 0.25) is 0 Å². The summed E-state index contributed by atoms with van der Waals surface area (Å²) >= 11 is 0. The third-order valence-electron chi connectivity index (χ3n) is 3.43. The van der Waals surface area contributed by atoms with Crippen LogP contribution in [0.5, 0.6) is 0 Å². The molecule has 1 aromatic carbocycles. The smallest absolute Gasteiger partial charge is 0.164 e. The molecule has 0 amide bonds. The van der Waals surface area contributed by atoms with Crippen molar-refractivity contribution in [2.24, 2.45) is 0 Å². The molecule has 1 atom stereocenters. The van der Waals surface area contributed by atoms with Gasteiger partial charge in [0.15, 0.2) is 5.78 Å². The van der Waals surface area contributed by atoms with Crippen LogP contribution in [0.1, 0.15) is 37.7 Å². The maximum Gasteiger partial charge on any atom is 0.164 e. The topological polar surface area (TPSA) is 37.3 Å². The predicted octanol–water partition coefficient (Wildman–Crippen LogP) is 2.49. The van der Waals surface area contributed by atoms with Crippen LogP contribution in [0.25, 0.3) is 0 Å². The van der Waals surface area contributed by atoms with E-state index in [2.05, 4.69) is 0 Å². The van der Waals surface area contributed by atoms with Crippen LogP contribution in [0, 0.1) is 0 Å². The molecule has 2 heteroatoms. The lowest BCUT2D eigenvalue weighted by atomic mass is 9.80. The number of hydrogen-bond acceptors (Lipinski definition) is 2. The normalized spacial score (nSPS) is 25.7. The van der Waals surface area contributed by atoms with Gasteiger partial charge in [0.05, 0.1) is 0 Å². The summed E-state index contributed by atoms with van der Waals surface area (Å²) in [6.07, 6.45) is 4.44. The Hall–Kier alpha value is -1.15. The van der Waals surface area contributed by atoms with E-state index < -0.39 is 5.60 Å². The molecule has 1 aliphatic rings. The molecule has 0 aromatic heterocycles. The second kappa shape index (κ2) is 4.79. The highest BCUT2D eigenvalue weighted by molar-refractivity contribution is 5.87. The minimum absolute atomic E-state index is 0.0367. The van der Waals surface area contributed by atoms with Gasteiger partial charge in [0.25, 0.3) is 0 Å². The van der Waals surface area contributed by atoms with Crippen molar-refractivity contribution in [3.05, 3.63) is 35.9 Å². The average Bonchev–Trinajstić information content (AvgIpc) is 2.32. The van der Waals surface area contributed by atoms with Crippen molar-refractivity contribution in [1.29, 1.82) is 0 Å². The van der Waals surface area contributed by atoms with E-state index in [4.69, 9.17) is 0 Å². The van der Waals surface area contributed by atoms with Gasteiger partial charge in [0.2, 0.25) is 0 Å². The molecular formula is C14H18O2. The van der Waals surface area contributed by atoms with Crippen LogP contribution in [0.15, 0.2) is 30.3 Å². The van der Waals surface area contributed by atoms with E-state index in [0.717, 1.165) is 19.3 Å². The maximum atomic E-state index is 11.7. The second-order valence-corrected chi connectivity index (χ2v) is 4.65. The number of hydrogen-bond donors (Lipinski definition) is 1. The minimum atomic E-state index is -1.05. The van der Waals surface area contributed by atoms with E-state index in [1.807, 2.05) is 30.3 Å². The van der Waals surface area contributed by atoms with Gasteiger partial charge >= 0.3 is 0 Å². The first-order valence-corrected chi connectivity index (χ1v) is 6.00. The molecule has 1 N–H and O–H groups in total. The number of rotatable bonds is 3. The van der Waals surface area contributed by atoms with Crippen LogP contribution < -0.4 is 0 Å². The van der Waals surface area contributed by atoms with Crippen molar-refractivity contribution in [1.82, 2.24) is 0 Å². The summed E-state index contributed by atoms with van der Waals surface area (Å²) in [7, 11) is 0. The molecule has 0 radical (unpaired) electrons. The Morgan fingerprint density at radius 1 is 1.19 bits per heavy atom. The average molecular weight is 218 g/mol. The van der Waals surface area contributed by atoms with Gasteiger partial charge in [0.1, 0.15) is 5.60 Å². The maximum absolute atomic E-state index is 11.7. The zero-order valence-electron chi connectivity index (χ0n) is 9.48. The Balaban J connectivity index is 1.96. The molecular weight excluding hydrogens is 200 g/mol. The first-order chi connectivity index (χ1) is 7.71. The van der Waals surface area contributed by atoms with E-state index in [9.17, 15) is 9.90 Å². The zero-order chi connectivity index (χ0) is 11.4. The van der Waals surface area contributed by atoms with E-state index in [-0.39, 0.29) is 5.78 Å². The lowest BCUT2D eigenvalue weighted by Gasteiger charge is -2.30. The molecule has 1 aromatic rings. The fraction of sp³-hybridized carbons (Fsp3) is 0.500. The summed E-state index contributed by atoms with van der Waals surface area (Å²) < 4.78 is 0. The molecule has 16 heavy (non-hydrogen) atoms. The number of aryl methyl sites for hydroxylation is 1. The summed E-state index contributed by atoms with van der Waals surface area (Å²) in [4.78, 5) is 11.7. The number of benzene rings is 1. The molecule has 2 rings (SSSR count). The molecule has 0 spiro atoms. The number of Topliss-reactive ketones (excluding diaryl/α,β-unsaturated/α-hetero) is 1. The fourth-order valence-corrected chi connectivity index (χ4v) is 2.34. The molecule has 1 aliphatic carbocycles. The summed E-state index contributed by atoms with van der Waals surface area (Å²) in [5.41, 5.74) is 0.142. The van der Waals surface area contributed by atoms with Crippen LogP contribution in [0.3, 0.4) is 0 Å². The molecule has 0 unspecified atom stereocenters. The Labute approximate surface area is 96.3 Å². The molecule has 0 heterocycles. The Morgan fingerprint density at radius 2 is 1.94 bits per heavy atom. The van der Waals surface area contributed by atoms with Crippen LogP contribution >= 0.6 is 0 Å². The molecule has 0 bridgehead atoms. The molecule has 1 fully saturated rings. The van der Waals surface area contributed by atoms with Crippen LogP contribution in [-0.2, 0) is 11.2 Å². The summed E-state index contributed by atoms with van der Waals surface area (Å²) in [6, 6.07) is 10.0. The van der Waals surface area contributed by atoms with Gasteiger partial charge < -0.3 is 5.11 Å². The predicted molar refractivity (Wildman–Crippen MR) is 63.2 cm³/mol. The number of ketones is 1. The highest BCUT2D eigenvalue weighted by atomic mass is 16.3. The van der Waals surface area contributed by atoms with Gasteiger partial charge in [-0.25, -0.2) is 0 Å². The highest BCUT2D eigenvalue weighted by Crippen LogP contribution is 2.29. The Bertz CT molecular complexity index is 358. The monoisotopic (exact) mass is 218 g/mol. The number of carbonyl (C=O) groups excluding carboxylic acids is 1. The zero-order valence-corrected chi connectivity index (χ0v) is 9.48. The van der Waals surface area contributed by atoms with Crippen molar-refractivity contribution in [2.45, 2.75) is 44.1 Å². The van der Waals surface area contributed by atoms with E-state index in [0.29, 0.717) is 19.3 Å². The molecule has 2 nitrogen and oxygen atoms in total. The summed E-state index contributed by atoms with van der Waals surface area (Å²) in [5.74, 6) is 0.0367. The van der Waals surface area contributed by atoms with Crippen molar-refractivity contribution in [3.8, 4) is 0 Å². The fourth-order valence-electron chi connectivity index (χ4n) is 2.34. The van der Waals surface area contributed by atoms with E-state index in [1.54, 1.807) is 0 Å². The SMILES string of the molecule is O=C1CCCC[C@@]1(O)CCc1ccccc1. The Kier molecular flexibility index (Phi) is 3.39. The first kappa shape index (κ1) is 11.3. The van der Waals surface area contributed by atoms with Crippen molar-refractivity contribution in [3.63, 3.8) is 0 Å². The van der Waals surface area contributed by atoms with Gasteiger partial charge in [-0.1, -0.05) is 30.3 Å². The number of carbonyl (C=O) groups is 1. The molecule has 1 saturated carbocycles. The molecule has 0 aliphatic heterocycles.